The molecule has 0 fully saturated rings. The van der Waals surface area contributed by atoms with Crippen molar-refractivity contribution in [3.05, 3.63) is 0 Å². The van der Waals surface area contributed by atoms with Gasteiger partial charge in [0, 0.05) is 0 Å². The Bertz CT molecular complexity index is 23.7. The van der Waals surface area contributed by atoms with Gasteiger partial charge in [0.25, 0.3) is 0 Å². The molecule has 0 heterocycles. The van der Waals surface area contributed by atoms with E-state index in [-0.39, 0.29) is 0 Å². The van der Waals surface area contributed by atoms with Crippen LogP contribution in [0.25, 0.3) is 0 Å². The van der Waals surface area contributed by atoms with Crippen molar-refractivity contribution >= 4 is 0 Å². The second-order valence-corrected chi connectivity index (χ2v) is 1.81. The monoisotopic (exact) mass is 131 g/mol. The Morgan fingerprint density at radius 1 is 1.11 bits per heavy atom. The molecule has 58 valence electrons. The van der Waals surface area contributed by atoms with E-state index in [0.29, 0.717) is 0 Å². The van der Waals surface area contributed by atoms with Gasteiger partial charge in [0.2, 0.25) is 0 Å². The second-order valence-electron chi connectivity index (χ2n) is 1.81. The molecule has 0 bridgehead atoms. The zero-order valence-electron chi connectivity index (χ0n) is 7.33. The summed E-state index contributed by atoms with van der Waals surface area (Å²) in [5, 5.41) is 3.10. The van der Waals surface area contributed by atoms with Crippen molar-refractivity contribution in [2.24, 2.45) is 0 Å². The summed E-state index contributed by atoms with van der Waals surface area (Å²) in [5.41, 5.74) is 0. The van der Waals surface area contributed by atoms with Crippen molar-refractivity contribution in [2.45, 2.75) is 40.0 Å². The highest BCUT2D eigenvalue weighted by atomic mass is 14.8. The maximum atomic E-state index is 3.10. The molecule has 0 saturated carbocycles. The molecule has 0 aromatic carbocycles. The molecule has 0 atom stereocenters. The average molecular weight is 131 g/mol. The SMILES string of the molecule is CC.CCCCCNC. The Balaban J connectivity index is 0. The molecule has 0 rings (SSSR count). The molecule has 1 heteroatoms. The number of unbranched alkanes of at least 4 members (excludes halogenated alkanes) is 2. The van der Waals surface area contributed by atoms with E-state index < -0.39 is 0 Å². The van der Waals surface area contributed by atoms with Crippen LogP contribution in [0.2, 0.25) is 0 Å². The maximum absolute atomic E-state index is 3.10. The molecule has 0 aromatic heterocycles. The lowest BCUT2D eigenvalue weighted by Gasteiger charge is -1.93. The van der Waals surface area contributed by atoms with Gasteiger partial charge in [0.05, 0.1) is 0 Å². The summed E-state index contributed by atoms with van der Waals surface area (Å²) < 4.78 is 0. The fourth-order valence-electron chi connectivity index (χ4n) is 0.552. The molecular weight excluding hydrogens is 110 g/mol. The van der Waals surface area contributed by atoms with Gasteiger partial charge in [-0.25, -0.2) is 0 Å². The van der Waals surface area contributed by atoms with Gasteiger partial charge in [0.1, 0.15) is 0 Å². The van der Waals surface area contributed by atoms with Crippen LogP contribution < -0.4 is 5.32 Å². The van der Waals surface area contributed by atoms with Crippen molar-refractivity contribution in [1.29, 1.82) is 0 Å². The maximum Gasteiger partial charge on any atom is -0.00519 e. The normalized spacial score (nSPS) is 8.00. The molecule has 1 nitrogen and oxygen atoms in total. The van der Waals surface area contributed by atoms with Gasteiger partial charge in [-0.2, -0.15) is 0 Å². The summed E-state index contributed by atoms with van der Waals surface area (Å²) in [6, 6.07) is 0. The topological polar surface area (TPSA) is 12.0 Å². The third-order valence-electron chi connectivity index (χ3n) is 1.03. The Morgan fingerprint density at radius 3 is 2.00 bits per heavy atom. The van der Waals surface area contributed by atoms with Gasteiger partial charge >= 0.3 is 0 Å². The summed E-state index contributed by atoms with van der Waals surface area (Å²) in [6.45, 7) is 7.39. The second kappa shape index (κ2) is 15.7. The average Bonchev–Trinajstić information content (AvgIpc) is 1.94. The smallest absolute Gasteiger partial charge is 0.00519 e. The Hall–Kier alpha value is -0.0400. The molecule has 0 amide bonds. The fourth-order valence-corrected chi connectivity index (χ4v) is 0.552. The standard InChI is InChI=1S/C6H15N.C2H6/c1-3-4-5-6-7-2;1-2/h7H,3-6H2,1-2H3;1-2H3. The first-order valence-electron chi connectivity index (χ1n) is 4.06. The molecule has 9 heavy (non-hydrogen) atoms. The highest BCUT2D eigenvalue weighted by molar-refractivity contribution is 4.39. The third kappa shape index (κ3) is 18.0. The summed E-state index contributed by atoms with van der Waals surface area (Å²) in [7, 11) is 2.00. The lowest BCUT2D eigenvalue weighted by Crippen LogP contribution is -2.06. The summed E-state index contributed by atoms with van der Waals surface area (Å²) in [6.07, 6.45) is 4.01. The van der Waals surface area contributed by atoms with E-state index in [9.17, 15) is 0 Å². The fraction of sp³-hybridized carbons (Fsp3) is 1.00. The first-order valence-corrected chi connectivity index (χ1v) is 4.06. The van der Waals surface area contributed by atoms with Gasteiger partial charge in [-0.15, -0.1) is 0 Å². The minimum absolute atomic E-state index is 1.17. The molecule has 0 aromatic rings. The van der Waals surface area contributed by atoms with Crippen molar-refractivity contribution in [3.8, 4) is 0 Å². The summed E-state index contributed by atoms with van der Waals surface area (Å²) in [5.74, 6) is 0. The molecule has 0 saturated heterocycles. The van der Waals surface area contributed by atoms with Crippen LogP contribution in [0, 0.1) is 0 Å². The van der Waals surface area contributed by atoms with E-state index >= 15 is 0 Å². The Kier molecular flexibility index (Phi) is 20.4. The number of nitrogens with one attached hydrogen (secondary N) is 1. The van der Waals surface area contributed by atoms with Crippen molar-refractivity contribution in [2.75, 3.05) is 13.6 Å². The zero-order valence-corrected chi connectivity index (χ0v) is 7.33. The molecular formula is C8H21N. The lowest BCUT2D eigenvalue weighted by molar-refractivity contribution is 0.667. The van der Waals surface area contributed by atoms with Crippen LogP contribution >= 0.6 is 0 Å². The van der Waals surface area contributed by atoms with Gasteiger partial charge in [-0.1, -0.05) is 33.6 Å². The van der Waals surface area contributed by atoms with E-state index in [0.717, 1.165) is 0 Å². The lowest BCUT2D eigenvalue weighted by atomic mass is 10.2. The van der Waals surface area contributed by atoms with E-state index in [1.165, 1.54) is 25.8 Å². The number of hydrogen-bond donors (Lipinski definition) is 1. The first-order chi connectivity index (χ1) is 4.41. The summed E-state index contributed by atoms with van der Waals surface area (Å²) in [4.78, 5) is 0. The van der Waals surface area contributed by atoms with Gasteiger partial charge in [0.15, 0.2) is 0 Å². The highest BCUT2D eigenvalue weighted by Crippen LogP contribution is 1.89. The van der Waals surface area contributed by atoms with Crippen LogP contribution in [-0.2, 0) is 0 Å². The largest absolute Gasteiger partial charge is 0.320 e. The van der Waals surface area contributed by atoms with Gasteiger partial charge in [-0.3, -0.25) is 0 Å². The van der Waals surface area contributed by atoms with Crippen LogP contribution in [-0.4, -0.2) is 13.6 Å². The Labute approximate surface area is 59.8 Å². The predicted molar refractivity (Wildman–Crippen MR) is 44.8 cm³/mol. The number of rotatable bonds is 4. The van der Waals surface area contributed by atoms with Gasteiger partial charge < -0.3 is 5.32 Å². The first kappa shape index (κ1) is 11.7. The molecule has 0 spiro atoms. The van der Waals surface area contributed by atoms with E-state index in [1.807, 2.05) is 20.9 Å². The van der Waals surface area contributed by atoms with E-state index in [4.69, 9.17) is 0 Å². The quantitative estimate of drug-likeness (QED) is 0.578. The Morgan fingerprint density at radius 2 is 1.67 bits per heavy atom. The van der Waals surface area contributed by atoms with Crippen LogP contribution in [0.1, 0.15) is 40.0 Å². The van der Waals surface area contributed by atoms with Crippen LogP contribution in [0.15, 0.2) is 0 Å². The van der Waals surface area contributed by atoms with Crippen LogP contribution in [0.4, 0.5) is 0 Å². The minimum atomic E-state index is 1.17. The van der Waals surface area contributed by atoms with Crippen molar-refractivity contribution in [1.82, 2.24) is 5.32 Å². The molecule has 0 aliphatic rings. The molecule has 0 unspecified atom stereocenters. The minimum Gasteiger partial charge on any atom is -0.320 e. The third-order valence-corrected chi connectivity index (χ3v) is 1.03. The summed E-state index contributed by atoms with van der Waals surface area (Å²) >= 11 is 0. The van der Waals surface area contributed by atoms with Gasteiger partial charge in [-0.05, 0) is 20.0 Å². The van der Waals surface area contributed by atoms with Crippen LogP contribution in [0.3, 0.4) is 0 Å². The van der Waals surface area contributed by atoms with E-state index in [1.54, 1.807) is 0 Å². The van der Waals surface area contributed by atoms with Crippen LogP contribution in [0.5, 0.6) is 0 Å². The van der Waals surface area contributed by atoms with Crippen molar-refractivity contribution in [3.63, 3.8) is 0 Å². The molecule has 0 radical (unpaired) electrons. The zero-order chi connectivity index (χ0) is 7.54. The predicted octanol–water partition coefficient (Wildman–Crippen LogP) is 2.42. The van der Waals surface area contributed by atoms with E-state index in [2.05, 4.69) is 12.2 Å². The molecule has 1 N–H and O–H groups in total. The molecule has 0 aliphatic heterocycles. The molecule has 0 aliphatic carbocycles. The highest BCUT2D eigenvalue weighted by Gasteiger charge is 1.78. The number of hydrogen-bond acceptors (Lipinski definition) is 1. The van der Waals surface area contributed by atoms with Crippen molar-refractivity contribution < 1.29 is 0 Å².